The van der Waals surface area contributed by atoms with E-state index in [0.29, 0.717) is 16.6 Å². The average Bonchev–Trinajstić information content (AvgIpc) is 2.72. The number of carboxylic acid groups (broad SMARTS) is 1. The van der Waals surface area contributed by atoms with Crippen LogP contribution in [0.1, 0.15) is 36.6 Å². The average molecular weight is 438 g/mol. The first kappa shape index (κ1) is 21.0. The molecule has 1 amide bonds. The number of amides is 1. The Bertz CT molecular complexity index is 903. The van der Waals surface area contributed by atoms with Gasteiger partial charge in [0.1, 0.15) is 0 Å². The van der Waals surface area contributed by atoms with E-state index in [1.807, 2.05) is 44.2 Å². The molecule has 2 aromatic carbocycles. The van der Waals surface area contributed by atoms with E-state index in [-0.39, 0.29) is 23.5 Å². The number of thioether (sulfide) groups is 1. The van der Waals surface area contributed by atoms with Crippen LogP contribution in [0.25, 0.3) is 0 Å². The van der Waals surface area contributed by atoms with Gasteiger partial charge in [-0.3, -0.25) is 9.59 Å². The van der Waals surface area contributed by atoms with E-state index in [1.54, 1.807) is 17.0 Å². The van der Waals surface area contributed by atoms with E-state index in [4.69, 9.17) is 23.2 Å². The van der Waals surface area contributed by atoms with Crippen LogP contribution in [-0.4, -0.2) is 28.8 Å². The topological polar surface area (TPSA) is 57.6 Å². The Morgan fingerprint density at radius 2 is 1.89 bits per heavy atom. The van der Waals surface area contributed by atoms with Gasteiger partial charge >= 0.3 is 5.97 Å². The Kier molecular flexibility index (Phi) is 6.58. The van der Waals surface area contributed by atoms with E-state index >= 15 is 0 Å². The number of benzene rings is 2. The number of halogens is 2. The SMILES string of the molecule is CC(C)CN1C(=O)[C@@H](CC(=O)O)S[C@H](c2ccccc2Cl)c2cc(Cl)ccc21. The van der Waals surface area contributed by atoms with E-state index < -0.39 is 11.2 Å². The summed E-state index contributed by atoms with van der Waals surface area (Å²) >= 11 is 14.1. The molecular formula is C21H21Cl2NO3S. The molecule has 0 fully saturated rings. The zero-order valence-corrected chi connectivity index (χ0v) is 17.9. The Morgan fingerprint density at radius 1 is 1.18 bits per heavy atom. The molecule has 0 saturated carbocycles. The van der Waals surface area contributed by atoms with Crippen molar-refractivity contribution in [2.75, 3.05) is 11.4 Å². The second-order valence-electron chi connectivity index (χ2n) is 7.17. The number of carbonyl (C=O) groups is 2. The Morgan fingerprint density at radius 3 is 2.54 bits per heavy atom. The van der Waals surface area contributed by atoms with E-state index in [0.717, 1.165) is 16.8 Å². The highest BCUT2D eigenvalue weighted by Gasteiger charge is 2.38. The van der Waals surface area contributed by atoms with Gasteiger partial charge in [0.15, 0.2) is 0 Å². The van der Waals surface area contributed by atoms with Gasteiger partial charge in [-0.2, -0.15) is 0 Å². The minimum absolute atomic E-state index is 0.195. The highest BCUT2D eigenvalue weighted by atomic mass is 35.5. The van der Waals surface area contributed by atoms with Crippen molar-refractivity contribution in [3.8, 4) is 0 Å². The van der Waals surface area contributed by atoms with Gasteiger partial charge in [-0.1, -0.05) is 55.2 Å². The third kappa shape index (κ3) is 4.48. The van der Waals surface area contributed by atoms with Gasteiger partial charge in [0, 0.05) is 22.3 Å². The summed E-state index contributed by atoms with van der Waals surface area (Å²) in [5, 5.41) is 9.50. The number of anilines is 1. The Hall–Kier alpha value is -1.69. The van der Waals surface area contributed by atoms with Crippen LogP contribution >= 0.6 is 35.0 Å². The van der Waals surface area contributed by atoms with Crippen LogP contribution in [0.3, 0.4) is 0 Å². The van der Waals surface area contributed by atoms with Gasteiger partial charge in [-0.15, -0.1) is 11.8 Å². The van der Waals surface area contributed by atoms with Gasteiger partial charge in [0.2, 0.25) is 5.91 Å². The number of carbonyl (C=O) groups excluding carboxylic acids is 1. The number of carboxylic acids is 1. The summed E-state index contributed by atoms with van der Waals surface area (Å²) in [7, 11) is 0. The number of hydrogen-bond acceptors (Lipinski definition) is 3. The van der Waals surface area contributed by atoms with Crippen molar-refractivity contribution < 1.29 is 14.7 Å². The van der Waals surface area contributed by atoms with Crippen LogP contribution in [-0.2, 0) is 9.59 Å². The van der Waals surface area contributed by atoms with Crippen molar-refractivity contribution in [3.05, 3.63) is 63.6 Å². The molecule has 0 spiro atoms. The molecule has 2 atom stereocenters. The maximum absolute atomic E-state index is 13.3. The first-order valence-electron chi connectivity index (χ1n) is 9.00. The zero-order valence-electron chi connectivity index (χ0n) is 15.6. The summed E-state index contributed by atoms with van der Waals surface area (Å²) in [6, 6.07) is 12.9. The van der Waals surface area contributed by atoms with Gasteiger partial charge in [-0.05, 0) is 41.3 Å². The zero-order chi connectivity index (χ0) is 20.4. The molecule has 4 nitrogen and oxygen atoms in total. The third-order valence-corrected chi connectivity index (χ3v) is 6.56. The standard InChI is InChI=1S/C21H21Cl2NO3S/c1-12(2)11-24-17-8-7-13(22)9-15(17)20(14-5-3-4-6-16(14)23)28-18(21(24)27)10-19(25)26/h3-9,12,18,20H,10-11H2,1-2H3,(H,25,26)/t18-,20-/m1/s1. The molecule has 0 radical (unpaired) electrons. The molecule has 28 heavy (non-hydrogen) atoms. The monoisotopic (exact) mass is 437 g/mol. The maximum Gasteiger partial charge on any atom is 0.305 e. The maximum atomic E-state index is 13.3. The molecule has 3 rings (SSSR count). The Labute approximate surface area is 178 Å². The lowest BCUT2D eigenvalue weighted by atomic mass is 10.0. The largest absolute Gasteiger partial charge is 0.481 e. The second-order valence-corrected chi connectivity index (χ2v) is 9.33. The molecule has 0 bridgehead atoms. The lowest BCUT2D eigenvalue weighted by Crippen LogP contribution is -2.40. The molecule has 0 unspecified atom stereocenters. The van der Waals surface area contributed by atoms with Crippen molar-refractivity contribution in [1.29, 1.82) is 0 Å². The molecular weight excluding hydrogens is 417 g/mol. The van der Waals surface area contributed by atoms with Crippen LogP contribution in [0.2, 0.25) is 10.0 Å². The normalized spacial score (nSPS) is 19.5. The van der Waals surface area contributed by atoms with Gasteiger partial charge < -0.3 is 10.0 Å². The number of fused-ring (bicyclic) bond motifs is 1. The van der Waals surface area contributed by atoms with Crippen LogP contribution in [0.5, 0.6) is 0 Å². The molecule has 1 heterocycles. The van der Waals surface area contributed by atoms with Crippen molar-refractivity contribution in [2.24, 2.45) is 5.92 Å². The highest BCUT2D eigenvalue weighted by molar-refractivity contribution is 8.01. The molecule has 148 valence electrons. The van der Waals surface area contributed by atoms with Crippen molar-refractivity contribution in [3.63, 3.8) is 0 Å². The molecule has 1 aliphatic heterocycles. The molecule has 1 aliphatic rings. The fourth-order valence-electron chi connectivity index (χ4n) is 3.35. The van der Waals surface area contributed by atoms with Crippen LogP contribution in [0.4, 0.5) is 5.69 Å². The van der Waals surface area contributed by atoms with E-state index in [2.05, 4.69) is 0 Å². The summed E-state index contributed by atoms with van der Waals surface area (Å²) in [5.74, 6) is -0.976. The van der Waals surface area contributed by atoms with Crippen molar-refractivity contribution >= 4 is 52.5 Å². The van der Waals surface area contributed by atoms with Crippen LogP contribution in [0.15, 0.2) is 42.5 Å². The fourth-order valence-corrected chi connectivity index (χ4v) is 5.33. The van der Waals surface area contributed by atoms with E-state index in [9.17, 15) is 14.7 Å². The third-order valence-electron chi connectivity index (χ3n) is 4.50. The molecule has 1 N–H and O–H groups in total. The minimum Gasteiger partial charge on any atom is -0.481 e. The predicted octanol–water partition coefficient (Wildman–Crippen LogP) is 5.66. The fraction of sp³-hybridized carbons (Fsp3) is 0.333. The summed E-state index contributed by atoms with van der Waals surface area (Å²) in [6.07, 6.45) is -0.249. The summed E-state index contributed by atoms with van der Waals surface area (Å²) < 4.78 is 0. The van der Waals surface area contributed by atoms with Crippen LogP contribution < -0.4 is 4.90 Å². The second kappa shape index (κ2) is 8.76. The molecule has 2 aromatic rings. The number of nitrogens with zero attached hydrogens (tertiary/aromatic N) is 1. The summed E-state index contributed by atoms with van der Waals surface area (Å²) in [4.78, 5) is 26.5. The van der Waals surface area contributed by atoms with Gasteiger partial charge in [0.25, 0.3) is 0 Å². The number of aliphatic carboxylic acids is 1. The number of hydrogen-bond donors (Lipinski definition) is 1. The molecule has 0 saturated heterocycles. The van der Waals surface area contributed by atoms with Crippen LogP contribution in [0, 0.1) is 5.92 Å². The lowest BCUT2D eigenvalue weighted by Gasteiger charge is -2.27. The predicted molar refractivity (Wildman–Crippen MR) is 116 cm³/mol. The summed E-state index contributed by atoms with van der Waals surface area (Å²) in [5.41, 5.74) is 2.47. The van der Waals surface area contributed by atoms with E-state index in [1.165, 1.54) is 11.8 Å². The molecule has 0 aromatic heterocycles. The van der Waals surface area contributed by atoms with Gasteiger partial charge in [-0.25, -0.2) is 0 Å². The van der Waals surface area contributed by atoms with Crippen molar-refractivity contribution in [2.45, 2.75) is 30.8 Å². The smallest absolute Gasteiger partial charge is 0.305 e. The quantitative estimate of drug-likeness (QED) is 0.654. The first-order valence-corrected chi connectivity index (χ1v) is 10.7. The number of rotatable bonds is 5. The summed E-state index contributed by atoms with van der Waals surface area (Å²) in [6.45, 7) is 4.55. The van der Waals surface area contributed by atoms with Crippen molar-refractivity contribution in [1.82, 2.24) is 0 Å². The van der Waals surface area contributed by atoms with Gasteiger partial charge in [0.05, 0.1) is 16.9 Å². The first-order chi connectivity index (χ1) is 13.3. The lowest BCUT2D eigenvalue weighted by molar-refractivity contribution is -0.138. The highest BCUT2D eigenvalue weighted by Crippen LogP contribution is 2.49. The Balaban J connectivity index is 2.20. The molecule has 7 heteroatoms. The molecule has 0 aliphatic carbocycles. The minimum atomic E-state index is -1.00.